The Hall–Kier alpha value is -2.22. The average molecular weight is 307 g/mol. The van der Waals surface area contributed by atoms with Crippen LogP contribution in [0, 0.1) is 0 Å². The van der Waals surface area contributed by atoms with Crippen LogP contribution in [0.15, 0.2) is 29.4 Å². The highest BCUT2D eigenvalue weighted by Crippen LogP contribution is 2.22. The number of rotatable bonds is 6. The van der Waals surface area contributed by atoms with Crippen molar-refractivity contribution < 1.29 is 9.90 Å². The van der Waals surface area contributed by atoms with E-state index < -0.39 is 0 Å². The molecule has 0 bridgehead atoms. The highest BCUT2D eigenvalue weighted by Gasteiger charge is 2.12. The molecule has 0 aliphatic carbocycles. The summed E-state index contributed by atoms with van der Waals surface area (Å²) in [5, 5.41) is 20.6. The van der Waals surface area contributed by atoms with Gasteiger partial charge >= 0.3 is 0 Å². The number of hydrogen-bond donors (Lipinski definition) is 3. The molecule has 7 nitrogen and oxygen atoms in total. The number of thioether (sulfide) groups is 1. The molecule has 0 aliphatic heterocycles. The van der Waals surface area contributed by atoms with Crippen molar-refractivity contribution in [3.05, 3.63) is 30.1 Å². The SMILES string of the molecule is CCCc1nnc(SCC(=O)Nc2ccccc2O)n1N. The summed E-state index contributed by atoms with van der Waals surface area (Å²) >= 11 is 1.20. The predicted molar refractivity (Wildman–Crippen MR) is 81.6 cm³/mol. The number of aryl methyl sites for hydroxylation is 1. The smallest absolute Gasteiger partial charge is 0.234 e. The summed E-state index contributed by atoms with van der Waals surface area (Å²) in [6.45, 7) is 2.03. The Bertz CT molecular complexity index is 629. The summed E-state index contributed by atoms with van der Waals surface area (Å²) in [6, 6.07) is 6.56. The van der Waals surface area contributed by atoms with E-state index in [9.17, 15) is 9.90 Å². The topological polar surface area (TPSA) is 106 Å². The summed E-state index contributed by atoms with van der Waals surface area (Å²) in [5.74, 6) is 6.46. The Morgan fingerprint density at radius 3 is 2.90 bits per heavy atom. The molecule has 112 valence electrons. The second kappa shape index (κ2) is 6.98. The minimum atomic E-state index is -0.249. The number of amides is 1. The van der Waals surface area contributed by atoms with Gasteiger partial charge in [-0.05, 0) is 18.6 Å². The zero-order chi connectivity index (χ0) is 15.2. The van der Waals surface area contributed by atoms with E-state index in [-0.39, 0.29) is 17.4 Å². The molecule has 21 heavy (non-hydrogen) atoms. The predicted octanol–water partition coefficient (Wildman–Crippen LogP) is 1.38. The van der Waals surface area contributed by atoms with E-state index >= 15 is 0 Å². The van der Waals surface area contributed by atoms with Crippen molar-refractivity contribution in [1.29, 1.82) is 0 Å². The molecule has 0 radical (unpaired) electrons. The largest absolute Gasteiger partial charge is 0.506 e. The zero-order valence-corrected chi connectivity index (χ0v) is 12.4. The van der Waals surface area contributed by atoms with Crippen LogP contribution in [0.2, 0.25) is 0 Å². The van der Waals surface area contributed by atoms with E-state index in [4.69, 9.17) is 5.84 Å². The first-order valence-corrected chi connectivity index (χ1v) is 7.50. The fourth-order valence-electron chi connectivity index (χ4n) is 1.70. The highest BCUT2D eigenvalue weighted by molar-refractivity contribution is 7.99. The fraction of sp³-hybridized carbons (Fsp3) is 0.308. The minimum Gasteiger partial charge on any atom is -0.506 e. The van der Waals surface area contributed by atoms with Crippen molar-refractivity contribution in [1.82, 2.24) is 14.9 Å². The lowest BCUT2D eigenvalue weighted by molar-refractivity contribution is -0.113. The molecule has 2 rings (SSSR count). The van der Waals surface area contributed by atoms with E-state index in [2.05, 4.69) is 15.5 Å². The van der Waals surface area contributed by atoms with Gasteiger partial charge in [0.1, 0.15) is 5.75 Å². The maximum absolute atomic E-state index is 11.8. The molecule has 4 N–H and O–H groups in total. The van der Waals surface area contributed by atoms with Gasteiger partial charge in [0.05, 0.1) is 11.4 Å². The summed E-state index contributed by atoms with van der Waals surface area (Å²) in [5.41, 5.74) is 0.379. The number of nitrogens with one attached hydrogen (secondary N) is 1. The number of anilines is 1. The number of aromatic nitrogens is 3. The van der Waals surface area contributed by atoms with Gasteiger partial charge in [-0.2, -0.15) is 0 Å². The Labute approximate surface area is 126 Å². The fourth-order valence-corrected chi connectivity index (χ4v) is 2.37. The molecule has 2 aromatic rings. The molecule has 0 spiro atoms. The molecule has 1 heterocycles. The second-order valence-electron chi connectivity index (χ2n) is 4.37. The van der Waals surface area contributed by atoms with Crippen LogP contribution in [0.1, 0.15) is 19.2 Å². The number of benzene rings is 1. The maximum atomic E-state index is 11.8. The Balaban J connectivity index is 1.91. The number of aromatic hydroxyl groups is 1. The number of nitrogens with zero attached hydrogens (tertiary/aromatic N) is 3. The van der Waals surface area contributed by atoms with Crippen LogP contribution in [0.4, 0.5) is 5.69 Å². The van der Waals surface area contributed by atoms with Crippen LogP contribution >= 0.6 is 11.8 Å². The molecule has 1 aromatic carbocycles. The number of carbonyl (C=O) groups is 1. The van der Waals surface area contributed by atoms with Crippen molar-refractivity contribution in [2.24, 2.45) is 0 Å². The second-order valence-corrected chi connectivity index (χ2v) is 5.32. The standard InChI is InChI=1S/C13H17N5O2S/c1-2-5-11-16-17-13(18(11)14)21-8-12(20)15-9-6-3-4-7-10(9)19/h3-4,6-7,19H,2,5,8,14H2,1H3,(H,15,20). The number of phenolic OH excluding ortho intramolecular Hbond substituents is 1. The van der Waals surface area contributed by atoms with E-state index in [0.717, 1.165) is 12.8 Å². The van der Waals surface area contributed by atoms with Crippen LogP contribution in [0.3, 0.4) is 0 Å². The van der Waals surface area contributed by atoms with Gasteiger partial charge in [0.2, 0.25) is 11.1 Å². The number of carbonyl (C=O) groups excluding carboxylic acids is 1. The summed E-state index contributed by atoms with van der Waals surface area (Å²) in [6.07, 6.45) is 1.67. The number of hydrogen-bond acceptors (Lipinski definition) is 6. The molecular weight excluding hydrogens is 290 g/mol. The molecule has 0 saturated carbocycles. The van der Waals surface area contributed by atoms with Crippen molar-refractivity contribution in [2.45, 2.75) is 24.9 Å². The highest BCUT2D eigenvalue weighted by atomic mass is 32.2. The third-order valence-corrected chi connectivity index (χ3v) is 3.66. The van der Waals surface area contributed by atoms with Gasteiger partial charge in [0, 0.05) is 6.42 Å². The van der Waals surface area contributed by atoms with Crippen molar-refractivity contribution in [2.75, 3.05) is 16.9 Å². The number of phenols is 1. The van der Waals surface area contributed by atoms with E-state index in [1.807, 2.05) is 6.92 Å². The Kier molecular flexibility index (Phi) is 5.04. The molecule has 1 aromatic heterocycles. The normalized spacial score (nSPS) is 10.5. The molecule has 8 heteroatoms. The number of nitrogens with two attached hydrogens (primary N) is 1. The van der Waals surface area contributed by atoms with Crippen LogP contribution in [-0.2, 0) is 11.2 Å². The van der Waals surface area contributed by atoms with Crippen molar-refractivity contribution in [3.63, 3.8) is 0 Å². The van der Waals surface area contributed by atoms with Crippen molar-refractivity contribution in [3.8, 4) is 5.75 Å². The monoisotopic (exact) mass is 307 g/mol. The third kappa shape index (κ3) is 3.88. The lowest BCUT2D eigenvalue weighted by Crippen LogP contribution is -2.17. The lowest BCUT2D eigenvalue weighted by atomic mass is 10.3. The molecule has 0 aliphatic rings. The van der Waals surface area contributed by atoms with Gasteiger partial charge in [-0.1, -0.05) is 30.8 Å². The molecule has 0 unspecified atom stereocenters. The van der Waals surface area contributed by atoms with E-state index in [1.54, 1.807) is 18.2 Å². The van der Waals surface area contributed by atoms with Crippen molar-refractivity contribution >= 4 is 23.4 Å². The van der Waals surface area contributed by atoms with Gasteiger partial charge in [-0.3, -0.25) is 4.79 Å². The van der Waals surface area contributed by atoms with E-state index in [1.165, 1.54) is 22.5 Å². The molecule has 0 atom stereocenters. The first-order chi connectivity index (χ1) is 10.1. The Morgan fingerprint density at radius 2 is 2.19 bits per heavy atom. The van der Waals surface area contributed by atoms with Gasteiger partial charge < -0.3 is 16.3 Å². The number of nitrogen functional groups attached to an aromatic ring is 1. The quantitative estimate of drug-likeness (QED) is 0.423. The molecule has 1 amide bonds. The van der Waals surface area contributed by atoms with Crippen LogP contribution in [-0.4, -0.2) is 31.6 Å². The van der Waals surface area contributed by atoms with Gasteiger partial charge in [-0.25, -0.2) is 4.68 Å². The summed E-state index contributed by atoms with van der Waals surface area (Å²) < 4.78 is 1.40. The third-order valence-electron chi connectivity index (χ3n) is 2.72. The van der Waals surface area contributed by atoms with Gasteiger partial charge in [0.25, 0.3) is 0 Å². The van der Waals surface area contributed by atoms with Gasteiger partial charge in [-0.15, -0.1) is 10.2 Å². The minimum absolute atomic E-state index is 0.0306. The first kappa shape index (κ1) is 15.2. The van der Waals surface area contributed by atoms with Crippen LogP contribution < -0.4 is 11.2 Å². The van der Waals surface area contributed by atoms with E-state index in [0.29, 0.717) is 16.7 Å². The molecule has 0 saturated heterocycles. The summed E-state index contributed by atoms with van der Waals surface area (Å²) in [4.78, 5) is 11.8. The van der Waals surface area contributed by atoms with Crippen LogP contribution in [0.5, 0.6) is 5.75 Å². The first-order valence-electron chi connectivity index (χ1n) is 6.51. The lowest BCUT2D eigenvalue weighted by Gasteiger charge is -2.06. The van der Waals surface area contributed by atoms with Crippen LogP contribution in [0.25, 0.3) is 0 Å². The molecule has 0 fully saturated rings. The zero-order valence-electron chi connectivity index (χ0n) is 11.6. The number of para-hydroxylation sites is 2. The maximum Gasteiger partial charge on any atom is 0.234 e. The van der Waals surface area contributed by atoms with Gasteiger partial charge in [0.15, 0.2) is 5.82 Å². The summed E-state index contributed by atoms with van der Waals surface area (Å²) in [7, 11) is 0. The average Bonchev–Trinajstić information content (AvgIpc) is 2.81. The molecular formula is C13H17N5O2S. The Morgan fingerprint density at radius 1 is 1.43 bits per heavy atom.